The van der Waals surface area contributed by atoms with E-state index in [2.05, 4.69) is 10.6 Å². The highest BCUT2D eigenvalue weighted by molar-refractivity contribution is 6.31. The van der Waals surface area contributed by atoms with E-state index in [0.717, 1.165) is 16.9 Å². The molecule has 180 valence electrons. The molecule has 0 radical (unpaired) electrons. The van der Waals surface area contributed by atoms with E-state index in [-0.39, 0.29) is 23.5 Å². The minimum absolute atomic E-state index is 0.0163. The van der Waals surface area contributed by atoms with Crippen LogP contribution in [0.25, 0.3) is 0 Å². The molecule has 0 atom stereocenters. The molecule has 2 N–H and O–H groups in total. The lowest BCUT2D eigenvalue weighted by atomic mass is 10.1. The summed E-state index contributed by atoms with van der Waals surface area (Å²) in [6.07, 6.45) is 0.467. The number of anilines is 2. The molecule has 0 bridgehead atoms. The number of halogens is 3. The van der Waals surface area contributed by atoms with Gasteiger partial charge >= 0.3 is 0 Å². The van der Waals surface area contributed by atoms with Gasteiger partial charge in [0.25, 0.3) is 0 Å². The van der Waals surface area contributed by atoms with Crippen molar-refractivity contribution in [2.24, 2.45) is 5.92 Å². The van der Waals surface area contributed by atoms with Gasteiger partial charge in [0.2, 0.25) is 5.91 Å². The van der Waals surface area contributed by atoms with Crippen LogP contribution in [0.2, 0.25) is 10.0 Å². The largest absolute Gasteiger partial charge is 0.493 e. The predicted octanol–water partition coefficient (Wildman–Crippen LogP) is 7.32. The first kappa shape index (κ1) is 25.7. The summed E-state index contributed by atoms with van der Waals surface area (Å²) in [7, 11) is 1.54. The quantitative estimate of drug-likeness (QED) is 0.303. The monoisotopic (exact) mass is 504 g/mol. The summed E-state index contributed by atoms with van der Waals surface area (Å²) in [5.74, 6) is 0.825. The van der Waals surface area contributed by atoms with Crippen LogP contribution in [0, 0.1) is 11.7 Å². The summed E-state index contributed by atoms with van der Waals surface area (Å²) in [5, 5.41) is 7.01. The lowest BCUT2D eigenvalue weighted by Gasteiger charge is -2.15. The Hall–Kier alpha value is -2.96. The van der Waals surface area contributed by atoms with Crippen LogP contribution < -0.4 is 20.1 Å². The van der Waals surface area contributed by atoms with Crippen LogP contribution in [0.4, 0.5) is 15.8 Å². The second-order valence-corrected chi connectivity index (χ2v) is 9.01. The van der Waals surface area contributed by atoms with E-state index in [4.69, 9.17) is 32.7 Å². The number of nitrogens with one attached hydrogen (secondary N) is 2. The summed E-state index contributed by atoms with van der Waals surface area (Å²) in [4.78, 5) is 12.0. The normalized spacial score (nSPS) is 10.8. The fourth-order valence-electron chi connectivity index (χ4n) is 3.27. The van der Waals surface area contributed by atoms with Gasteiger partial charge in [0.1, 0.15) is 12.4 Å². The van der Waals surface area contributed by atoms with Crippen LogP contribution in [0.5, 0.6) is 11.5 Å². The minimum atomic E-state index is -0.408. The molecular formula is C26H27Cl2FN2O3. The van der Waals surface area contributed by atoms with E-state index in [9.17, 15) is 9.18 Å². The van der Waals surface area contributed by atoms with E-state index in [1.54, 1.807) is 25.3 Å². The van der Waals surface area contributed by atoms with Gasteiger partial charge in [-0.2, -0.15) is 0 Å². The molecule has 0 aliphatic carbocycles. The van der Waals surface area contributed by atoms with Crippen molar-refractivity contribution in [3.05, 3.63) is 81.6 Å². The van der Waals surface area contributed by atoms with Crippen molar-refractivity contribution in [3.63, 3.8) is 0 Å². The molecule has 3 aromatic rings. The Labute approximate surface area is 209 Å². The number of carbonyl (C=O) groups excluding carboxylic acids is 1. The van der Waals surface area contributed by atoms with Gasteiger partial charge in [0.05, 0.1) is 12.1 Å². The second-order valence-electron chi connectivity index (χ2n) is 8.20. The van der Waals surface area contributed by atoms with Crippen LogP contribution in [0.3, 0.4) is 0 Å². The summed E-state index contributed by atoms with van der Waals surface area (Å²) in [6, 6.07) is 15.1. The fourth-order valence-corrected chi connectivity index (χ4v) is 3.71. The van der Waals surface area contributed by atoms with Crippen molar-refractivity contribution >= 4 is 40.5 Å². The van der Waals surface area contributed by atoms with Crippen molar-refractivity contribution in [3.8, 4) is 11.5 Å². The summed E-state index contributed by atoms with van der Waals surface area (Å²) in [6.45, 7) is 4.58. The maximum Gasteiger partial charge on any atom is 0.224 e. The number of hydrogen-bond donors (Lipinski definition) is 2. The van der Waals surface area contributed by atoms with Gasteiger partial charge in [0, 0.05) is 41.0 Å². The first-order valence-corrected chi connectivity index (χ1v) is 11.6. The molecule has 3 rings (SSSR count). The minimum Gasteiger partial charge on any atom is -0.493 e. The Kier molecular flexibility index (Phi) is 9.02. The Balaban J connectivity index is 1.66. The first-order valence-electron chi connectivity index (χ1n) is 10.8. The SMILES string of the molecule is COc1cc(CNc2cccc(NC(=O)CC(C)C)c2)c(Cl)cc1OCc1ccc(F)cc1Cl. The van der Waals surface area contributed by atoms with Crippen LogP contribution in [0.15, 0.2) is 54.6 Å². The average Bonchev–Trinajstić information content (AvgIpc) is 2.77. The van der Waals surface area contributed by atoms with Crippen molar-refractivity contribution in [1.29, 1.82) is 0 Å². The number of ether oxygens (including phenoxy) is 2. The van der Waals surface area contributed by atoms with Gasteiger partial charge < -0.3 is 20.1 Å². The standard InChI is InChI=1S/C26H27Cl2FN2O3/c1-16(2)9-26(32)31-21-6-4-5-20(12-21)30-14-18-10-24(33-3)25(13-23(18)28)34-15-17-7-8-19(29)11-22(17)27/h4-8,10-13,16,30H,9,14-15H2,1-3H3,(H,31,32). The summed E-state index contributed by atoms with van der Waals surface area (Å²) in [5.41, 5.74) is 3.01. The molecular weight excluding hydrogens is 478 g/mol. The Morgan fingerprint density at radius 1 is 0.971 bits per heavy atom. The molecule has 0 unspecified atom stereocenters. The van der Waals surface area contributed by atoms with Crippen LogP contribution in [-0.2, 0) is 17.9 Å². The molecule has 8 heteroatoms. The van der Waals surface area contributed by atoms with E-state index >= 15 is 0 Å². The highest BCUT2D eigenvalue weighted by atomic mass is 35.5. The average molecular weight is 505 g/mol. The molecule has 0 aromatic heterocycles. The zero-order valence-corrected chi connectivity index (χ0v) is 20.8. The molecule has 0 fully saturated rings. The van der Waals surface area contributed by atoms with Gasteiger partial charge in [-0.1, -0.05) is 49.2 Å². The third kappa shape index (κ3) is 7.27. The van der Waals surface area contributed by atoms with Gasteiger partial charge in [-0.05, 0) is 47.9 Å². The fraction of sp³-hybridized carbons (Fsp3) is 0.269. The second kappa shape index (κ2) is 12.0. The molecule has 3 aromatic carbocycles. The molecule has 0 aliphatic heterocycles. The van der Waals surface area contributed by atoms with Gasteiger partial charge in [-0.3, -0.25) is 4.79 Å². The number of rotatable bonds is 10. The Bertz CT molecular complexity index is 1150. The number of carbonyl (C=O) groups is 1. The van der Waals surface area contributed by atoms with Crippen LogP contribution in [-0.4, -0.2) is 13.0 Å². The molecule has 0 saturated carbocycles. The van der Waals surface area contributed by atoms with Crippen LogP contribution in [0.1, 0.15) is 31.4 Å². The van der Waals surface area contributed by atoms with Gasteiger partial charge in [-0.15, -0.1) is 0 Å². The zero-order chi connectivity index (χ0) is 24.7. The summed E-state index contributed by atoms with van der Waals surface area (Å²) >= 11 is 12.6. The molecule has 1 amide bonds. The molecule has 5 nitrogen and oxygen atoms in total. The highest BCUT2D eigenvalue weighted by Gasteiger charge is 2.13. The van der Waals surface area contributed by atoms with E-state index in [1.165, 1.54) is 12.1 Å². The van der Waals surface area contributed by atoms with Crippen molar-refractivity contribution in [2.75, 3.05) is 17.7 Å². The maximum absolute atomic E-state index is 13.3. The van der Waals surface area contributed by atoms with Gasteiger partial charge in [0.15, 0.2) is 11.5 Å². The Morgan fingerprint density at radius 2 is 1.71 bits per heavy atom. The Morgan fingerprint density at radius 3 is 2.41 bits per heavy atom. The number of benzene rings is 3. The highest BCUT2D eigenvalue weighted by Crippen LogP contribution is 2.35. The number of hydrogen-bond acceptors (Lipinski definition) is 4. The summed E-state index contributed by atoms with van der Waals surface area (Å²) < 4.78 is 24.6. The maximum atomic E-state index is 13.3. The van der Waals surface area contributed by atoms with E-state index in [1.807, 2.05) is 38.1 Å². The lowest BCUT2D eigenvalue weighted by Crippen LogP contribution is -2.13. The molecule has 34 heavy (non-hydrogen) atoms. The lowest BCUT2D eigenvalue weighted by molar-refractivity contribution is -0.116. The molecule has 0 saturated heterocycles. The number of methoxy groups -OCH3 is 1. The van der Waals surface area contributed by atoms with Crippen molar-refractivity contribution in [1.82, 2.24) is 0 Å². The third-order valence-corrected chi connectivity index (χ3v) is 5.66. The van der Waals surface area contributed by atoms with Crippen molar-refractivity contribution < 1.29 is 18.7 Å². The number of amides is 1. The third-order valence-electron chi connectivity index (χ3n) is 4.95. The molecule has 0 spiro atoms. The van der Waals surface area contributed by atoms with Crippen LogP contribution >= 0.6 is 23.2 Å². The smallest absolute Gasteiger partial charge is 0.224 e. The molecule has 0 aliphatic rings. The predicted molar refractivity (Wildman–Crippen MR) is 136 cm³/mol. The van der Waals surface area contributed by atoms with Gasteiger partial charge in [-0.25, -0.2) is 4.39 Å². The topological polar surface area (TPSA) is 59.6 Å². The van der Waals surface area contributed by atoms with E-state index < -0.39 is 5.82 Å². The zero-order valence-electron chi connectivity index (χ0n) is 19.3. The first-order chi connectivity index (χ1) is 16.2. The molecule has 0 heterocycles. The van der Waals surface area contributed by atoms with Crippen molar-refractivity contribution in [2.45, 2.75) is 33.4 Å². The van der Waals surface area contributed by atoms with E-state index in [0.29, 0.717) is 35.1 Å².